The molecule has 0 bridgehead atoms. The highest BCUT2D eigenvalue weighted by molar-refractivity contribution is 5.61. The third-order valence-electron chi connectivity index (χ3n) is 2.64. The summed E-state index contributed by atoms with van der Waals surface area (Å²) in [7, 11) is 1.66. The largest absolute Gasteiger partial charge is 0.497 e. The van der Waals surface area contributed by atoms with E-state index >= 15 is 0 Å². The van der Waals surface area contributed by atoms with Crippen LogP contribution in [0.15, 0.2) is 48.5 Å². The third-order valence-corrected chi connectivity index (χ3v) is 2.64. The summed E-state index contributed by atoms with van der Waals surface area (Å²) >= 11 is 0. The van der Waals surface area contributed by atoms with E-state index in [0.29, 0.717) is 0 Å². The molecule has 0 aliphatic rings. The first-order valence-corrected chi connectivity index (χ1v) is 6.66. The fourth-order valence-corrected chi connectivity index (χ4v) is 1.83. The maximum atomic E-state index is 5.80. The minimum atomic E-state index is -0.179. The van der Waals surface area contributed by atoms with E-state index in [1.54, 1.807) is 7.11 Å². The zero-order valence-corrected chi connectivity index (χ0v) is 12.4. The van der Waals surface area contributed by atoms with Crippen LogP contribution in [-0.2, 0) is 0 Å². The molecular formula is C17H21NO2. The smallest absolute Gasteiger partial charge is 0.120 e. The monoisotopic (exact) mass is 271 g/mol. The predicted octanol–water partition coefficient (Wildman–Crippen LogP) is 4.62. The molecule has 0 fully saturated rings. The summed E-state index contributed by atoms with van der Waals surface area (Å²) in [5.41, 5.74) is 1.83. The molecule has 20 heavy (non-hydrogen) atoms. The van der Waals surface area contributed by atoms with Gasteiger partial charge in [0.2, 0.25) is 0 Å². The normalized spacial score (nSPS) is 11.0. The molecule has 3 nitrogen and oxygen atoms in total. The topological polar surface area (TPSA) is 30.5 Å². The molecule has 0 aromatic heterocycles. The quantitative estimate of drug-likeness (QED) is 0.880. The van der Waals surface area contributed by atoms with Crippen LogP contribution in [0.5, 0.6) is 11.5 Å². The van der Waals surface area contributed by atoms with Crippen molar-refractivity contribution in [2.75, 3.05) is 12.4 Å². The van der Waals surface area contributed by atoms with Gasteiger partial charge in [0, 0.05) is 17.4 Å². The second-order valence-corrected chi connectivity index (χ2v) is 5.60. The molecule has 0 radical (unpaired) electrons. The maximum Gasteiger partial charge on any atom is 0.120 e. The standard InChI is InChI=1S/C17H21NO2/c1-17(2,3)20-15-10-8-13(9-11-15)18-14-6-5-7-16(12-14)19-4/h5-12,18H,1-4H3. The van der Waals surface area contributed by atoms with Crippen molar-refractivity contribution >= 4 is 11.4 Å². The summed E-state index contributed by atoms with van der Waals surface area (Å²) in [6.07, 6.45) is 0. The average molecular weight is 271 g/mol. The van der Waals surface area contributed by atoms with Crippen LogP contribution in [0.25, 0.3) is 0 Å². The number of benzene rings is 2. The second-order valence-electron chi connectivity index (χ2n) is 5.60. The van der Waals surface area contributed by atoms with Crippen LogP contribution in [0.4, 0.5) is 11.4 Å². The molecule has 0 aliphatic heterocycles. The Balaban J connectivity index is 2.06. The van der Waals surface area contributed by atoms with Crippen molar-refractivity contribution in [3.05, 3.63) is 48.5 Å². The van der Waals surface area contributed by atoms with Crippen LogP contribution in [0.2, 0.25) is 0 Å². The van der Waals surface area contributed by atoms with Gasteiger partial charge in [0.15, 0.2) is 0 Å². The Kier molecular flexibility index (Phi) is 4.18. The van der Waals surface area contributed by atoms with E-state index in [2.05, 4.69) is 5.32 Å². The van der Waals surface area contributed by atoms with Crippen molar-refractivity contribution in [3.8, 4) is 11.5 Å². The highest BCUT2D eigenvalue weighted by atomic mass is 16.5. The SMILES string of the molecule is COc1cccc(Nc2ccc(OC(C)(C)C)cc2)c1. The first-order valence-electron chi connectivity index (χ1n) is 6.66. The van der Waals surface area contributed by atoms with Crippen molar-refractivity contribution in [3.63, 3.8) is 0 Å². The van der Waals surface area contributed by atoms with E-state index in [1.807, 2.05) is 69.3 Å². The van der Waals surface area contributed by atoms with Crippen molar-refractivity contribution in [2.24, 2.45) is 0 Å². The number of ether oxygens (including phenoxy) is 2. The molecule has 3 heteroatoms. The lowest BCUT2D eigenvalue weighted by molar-refractivity contribution is 0.131. The number of methoxy groups -OCH3 is 1. The summed E-state index contributed by atoms with van der Waals surface area (Å²) in [6.45, 7) is 6.11. The highest BCUT2D eigenvalue weighted by Crippen LogP contribution is 2.24. The molecule has 2 aromatic carbocycles. The molecule has 0 spiro atoms. The van der Waals surface area contributed by atoms with E-state index < -0.39 is 0 Å². The second kappa shape index (κ2) is 5.87. The molecule has 0 amide bonds. The van der Waals surface area contributed by atoms with Crippen molar-refractivity contribution in [1.29, 1.82) is 0 Å². The van der Waals surface area contributed by atoms with Crippen LogP contribution in [0, 0.1) is 0 Å². The van der Waals surface area contributed by atoms with E-state index in [0.717, 1.165) is 22.9 Å². The van der Waals surface area contributed by atoms with Gasteiger partial charge in [-0.3, -0.25) is 0 Å². The van der Waals surface area contributed by atoms with Crippen LogP contribution in [-0.4, -0.2) is 12.7 Å². The van der Waals surface area contributed by atoms with Gasteiger partial charge in [-0.15, -0.1) is 0 Å². The Labute approximate surface area is 120 Å². The molecule has 2 rings (SSSR count). The molecular weight excluding hydrogens is 250 g/mol. The summed E-state index contributed by atoms with van der Waals surface area (Å²) < 4.78 is 11.0. The van der Waals surface area contributed by atoms with Crippen molar-refractivity contribution in [1.82, 2.24) is 0 Å². The average Bonchev–Trinajstić information content (AvgIpc) is 2.40. The minimum Gasteiger partial charge on any atom is -0.497 e. The zero-order valence-electron chi connectivity index (χ0n) is 12.4. The van der Waals surface area contributed by atoms with Gasteiger partial charge in [-0.2, -0.15) is 0 Å². The summed E-state index contributed by atoms with van der Waals surface area (Å²) in [5, 5.41) is 3.33. The van der Waals surface area contributed by atoms with E-state index in [-0.39, 0.29) is 5.60 Å². The molecule has 106 valence electrons. The van der Waals surface area contributed by atoms with Gasteiger partial charge in [0.25, 0.3) is 0 Å². The molecule has 0 aliphatic carbocycles. The number of nitrogens with one attached hydrogen (secondary N) is 1. The lowest BCUT2D eigenvalue weighted by Crippen LogP contribution is -2.22. The van der Waals surface area contributed by atoms with Gasteiger partial charge in [-0.05, 0) is 57.2 Å². The molecule has 0 unspecified atom stereocenters. The molecule has 0 saturated heterocycles. The fraction of sp³-hybridized carbons (Fsp3) is 0.294. The lowest BCUT2D eigenvalue weighted by Gasteiger charge is -2.21. The molecule has 0 saturated carbocycles. The Morgan fingerprint density at radius 2 is 1.55 bits per heavy atom. The molecule has 2 aromatic rings. The van der Waals surface area contributed by atoms with Gasteiger partial charge < -0.3 is 14.8 Å². The van der Waals surface area contributed by atoms with Crippen LogP contribution < -0.4 is 14.8 Å². The Morgan fingerprint density at radius 3 is 2.15 bits per heavy atom. The predicted molar refractivity (Wildman–Crippen MR) is 83.1 cm³/mol. The minimum absolute atomic E-state index is 0.179. The van der Waals surface area contributed by atoms with Gasteiger partial charge >= 0.3 is 0 Å². The first-order chi connectivity index (χ1) is 9.46. The fourth-order valence-electron chi connectivity index (χ4n) is 1.83. The van der Waals surface area contributed by atoms with E-state index in [1.165, 1.54) is 0 Å². The van der Waals surface area contributed by atoms with Crippen LogP contribution in [0.1, 0.15) is 20.8 Å². The Morgan fingerprint density at radius 1 is 0.850 bits per heavy atom. The maximum absolute atomic E-state index is 5.80. The van der Waals surface area contributed by atoms with E-state index in [4.69, 9.17) is 9.47 Å². The van der Waals surface area contributed by atoms with Crippen molar-refractivity contribution in [2.45, 2.75) is 26.4 Å². The van der Waals surface area contributed by atoms with Crippen LogP contribution in [0.3, 0.4) is 0 Å². The summed E-state index contributed by atoms with van der Waals surface area (Å²) in [5.74, 6) is 1.70. The number of anilines is 2. The highest BCUT2D eigenvalue weighted by Gasteiger charge is 2.11. The summed E-state index contributed by atoms with van der Waals surface area (Å²) in [6, 6.07) is 15.8. The number of hydrogen-bond acceptors (Lipinski definition) is 3. The van der Waals surface area contributed by atoms with Crippen LogP contribution >= 0.6 is 0 Å². The summed E-state index contributed by atoms with van der Waals surface area (Å²) in [4.78, 5) is 0. The van der Waals surface area contributed by atoms with Gasteiger partial charge in [-0.25, -0.2) is 0 Å². The first kappa shape index (κ1) is 14.3. The zero-order chi connectivity index (χ0) is 14.6. The van der Waals surface area contributed by atoms with Gasteiger partial charge in [0.1, 0.15) is 17.1 Å². The lowest BCUT2D eigenvalue weighted by atomic mass is 10.2. The molecule has 0 heterocycles. The van der Waals surface area contributed by atoms with Crippen molar-refractivity contribution < 1.29 is 9.47 Å². The Bertz CT molecular complexity index is 556. The van der Waals surface area contributed by atoms with E-state index in [9.17, 15) is 0 Å². The molecule has 1 N–H and O–H groups in total. The van der Waals surface area contributed by atoms with Gasteiger partial charge in [-0.1, -0.05) is 6.07 Å². The number of rotatable bonds is 4. The molecule has 0 atom stereocenters. The number of hydrogen-bond donors (Lipinski definition) is 1. The van der Waals surface area contributed by atoms with Gasteiger partial charge in [0.05, 0.1) is 7.11 Å². The third kappa shape index (κ3) is 4.19. The Hall–Kier alpha value is -2.16.